The van der Waals surface area contributed by atoms with Gasteiger partial charge in [0.25, 0.3) is 0 Å². The van der Waals surface area contributed by atoms with Crippen LogP contribution in [0.4, 0.5) is 5.82 Å². The largest absolute Gasteiger partial charge is 0.493 e. The number of benzene rings is 1. The van der Waals surface area contributed by atoms with Crippen molar-refractivity contribution in [2.24, 2.45) is 5.92 Å². The van der Waals surface area contributed by atoms with Crippen LogP contribution in [0.25, 0.3) is 11.0 Å². The molecule has 4 heterocycles. The maximum atomic E-state index is 11.0. The predicted molar refractivity (Wildman–Crippen MR) is 120 cm³/mol. The Balaban J connectivity index is 1.46. The van der Waals surface area contributed by atoms with E-state index in [1.165, 1.54) is 5.56 Å². The number of nitrogens with zero attached hydrogens (tertiary/aromatic N) is 4. The molecular formula is C21H22BrN5O2S. The van der Waals surface area contributed by atoms with Crippen molar-refractivity contribution >= 4 is 51.0 Å². The van der Waals surface area contributed by atoms with E-state index in [1.54, 1.807) is 18.0 Å². The van der Waals surface area contributed by atoms with Gasteiger partial charge in [0, 0.05) is 41.6 Å². The first-order valence-electron chi connectivity index (χ1n) is 10.1. The van der Waals surface area contributed by atoms with Crippen molar-refractivity contribution in [1.82, 2.24) is 19.4 Å². The standard InChI is InChI=1S/C21H22BrN5O2S/c22-15-9-14-4-8-29-17(14)10-18(15)30-21-25-19-16(1-5-24-20(19)23)27(21)7-3-13-2-6-26(11-13)12-28/h1,5,9-10,12-13H,2-4,6-8,11H2,(H2,23,24). The van der Waals surface area contributed by atoms with Crippen LogP contribution in [-0.2, 0) is 17.8 Å². The number of hydrogen-bond acceptors (Lipinski definition) is 6. The summed E-state index contributed by atoms with van der Waals surface area (Å²) in [6.45, 7) is 3.23. The molecule has 0 spiro atoms. The van der Waals surface area contributed by atoms with E-state index in [4.69, 9.17) is 15.5 Å². The number of hydrogen-bond donors (Lipinski definition) is 1. The molecule has 0 aliphatic carbocycles. The molecule has 7 nitrogen and oxygen atoms in total. The fraction of sp³-hybridized carbons (Fsp3) is 0.381. The summed E-state index contributed by atoms with van der Waals surface area (Å²) in [5.74, 6) is 1.90. The van der Waals surface area contributed by atoms with Gasteiger partial charge in [-0.3, -0.25) is 4.79 Å². The number of amides is 1. The second-order valence-corrected chi connectivity index (χ2v) is 9.61. The van der Waals surface area contributed by atoms with Crippen LogP contribution in [-0.4, -0.2) is 45.5 Å². The van der Waals surface area contributed by atoms with Crippen molar-refractivity contribution in [2.45, 2.75) is 35.9 Å². The third-order valence-corrected chi connectivity index (χ3v) is 7.80. The third-order valence-electron chi connectivity index (χ3n) is 5.83. The molecule has 9 heteroatoms. The molecule has 1 aromatic carbocycles. The second kappa shape index (κ2) is 8.11. The number of carbonyl (C=O) groups excluding carboxylic acids is 1. The number of halogens is 1. The fourth-order valence-electron chi connectivity index (χ4n) is 4.20. The lowest BCUT2D eigenvalue weighted by atomic mass is 10.1. The van der Waals surface area contributed by atoms with Crippen LogP contribution in [0.15, 0.2) is 38.9 Å². The zero-order chi connectivity index (χ0) is 20.7. The summed E-state index contributed by atoms with van der Waals surface area (Å²) < 4.78 is 9.02. The summed E-state index contributed by atoms with van der Waals surface area (Å²) in [6, 6.07) is 6.19. The molecule has 1 saturated heterocycles. The maximum Gasteiger partial charge on any atom is 0.209 e. The van der Waals surface area contributed by atoms with Gasteiger partial charge in [-0.25, -0.2) is 9.97 Å². The van der Waals surface area contributed by atoms with Crippen LogP contribution in [0.1, 0.15) is 18.4 Å². The summed E-state index contributed by atoms with van der Waals surface area (Å²) in [6.07, 6.45) is 5.66. The lowest BCUT2D eigenvalue weighted by Gasteiger charge is -2.14. The Bertz CT molecular complexity index is 1120. The van der Waals surface area contributed by atoms with E-state index in [0.29, 0.717) is 11.7 Å². The number of ether oxygens (including phenoxy) is 1. The minimum atomic E-state index is 0.442. The average Bonchev–Trinajstić information content (AvgIpc) is 3.46. The molecule has 2 aliphatic heterocycles. The van der Waals surface area contributed by atoms with E-state index < -0.39 is 0 Å². The topological polar surface area (TPSA) is 86.3 Å². The lowest BCUT2D eigenvalue weighted by molar-refractivity contribution is -0.117. The van der Waals surface area contributed by atoms with Gasteiger partial charge in [0.1, 0.15) is 11.3 Å². The Hall–Kier alpha value is -2.26. The zero-order valence-corrected chi connectivity index (χ0v) is 18.8. The van der Waals surface area contributed by atoms with Crippen molar-refractivity contribution in [3.8, 4) is 5.75 Å². The van der Waals surface area contributed by atoms with Crippen molar-refractivity contribution in [1.29, 1.82) is 0 Å². The van der Waals surface area contributed by atoms with Crippen LogP contribution < -0.4 is 10.5 Å². The molecule has 2 aromatic heterocycles. The molecule has 2 N–H and O–H groups in total. The first-order valence-corrected chi connectivity index (χ1v) is 11.7. The van der Waals surface area contributed by atoms with Crippen molar-refractivity contribution in [3.05, 3.63) is 34.4 Å². The molecule has 30 heavy (non-hydrogen) atoms. The van der Waals surface area contributed by atoms with E-state index in [0.717, 1.165) is 83.2 Å². The van der Waals surface area contributed by atoms with E-state index in [2.05, 4.69) is 37.6 Å². The summed E-state index contributed by atoms with van der Waals surface area (Å²) in [7, 11) is 0. The molecule has 1 unspecified atom stereocenters. The Morgan fingerprint density at radius 2 is 2.30 bits per heavy atom. The number of aromatic nitrogens is 3. The van der Waals surface area contributed by atoms with Crippen LogP contribution in [0.2, 0.25) is 0 Å². The van der Waals surface area contributed by atoms with Gasteiger partial charge in [0.15, 0.2) is 11.0 Å². The van der Waals surface area contributed by atoms with Gasteiger partial charge in [0.2, 0.25) is 6.41 Å². The molecule has 1 fully saturated rings. The maximum absolute atomic E-state index is 11.0. The van der Waals surface area contributed by atoms with E-state index in [9.17, 15) is 4.79 Å². The Kier molecular flexibility index (Phi) is 5.32. The molecule has 156 valence electrons. The quantitative estimate of drug-likeness (QED) is 0.533. The van der Waals surface area contributed by atoms with Gasteiger partial charge in [-0.1, -0.05) is 11.8 Å². The Labute approximate surface area is 187 Å². The lowest BCUT2D eigenvalue weighted by Crippen LogP contribution is -2.18. The molecule has 0 bridgehead atoms. The summed E-state index contributed by atoms with van der Waals surface area (Å²) >= 11 is 5.31. The summed E-state index contributed by atoms with van der Waals surface area (Å²) in [5, 5.41) is 0.883. The highest BCUT2D eigenvalue weighted by molar-refractivity contribution is 9.10. The number of pyridine rings is 1. The number of aryl methyl sites for hydroxylation is 1. The highest BCUT2D eigenvalue weighted by atomic mass is 79.9. The second-order valence-electron chi connectivity index (χ2n) is 7.74. The van der Waals surface area contributed by atoms with Crippen molar-refractivity contribution < 1.29 is 9.53 Å². The smallest absolute Gasteiger partial charge is 0.209 e. The molecule has 1 amide bonds. The van der Waals surface area contributed by atoms with Gasteiger partial charge < -0.3 is 19.9 Å². The zero-order valence-electron chi connectivity index (χ0n) is 16.4. The van der Waals surface area contributed by atoms with E-state index in [-0.39, 0.29) is 0 Å². The Morgan fingerprint density at radius 3 is 3.13 bits per heavy atom. The first-order chi connectivity index (χ1) is 14.6. The van der Waals surface area contributed by atoms with Gasteiger partial charge >= 0.3 is 0 Å². The molecule has 1 atom stereocenters. The number of imidazole rings is 1. The highest BCUT2D eigenvalue weighted by Crippen LogP contribution is 2.40. The highest BCUT2D eigenvalue weighted by Gasteiger charge is 2.23. The van der Waals surface area contributed by atoms with Gasteiger partial charge in [0.05, 0.1) is 12.1 Å². The molecule has 0 saturated carbocycles. The normalized spacial score (nSPS) is 18.0. The Morgan fingerprint density at radius 1 is 1.40 bits per heavy atom. The van der Waals surface area contributed by atoms with Crippen LogP contribution in [0.5, 0.6) is 5.75 Å². The SMILES string of the molecule is Nc1nccc2c1nc(Sc1cc3c(cc1Br)CCO3)n2CCC1CCN(C=O)C1. The van der Waals surface area contributed by atoms with E-state index >= 15 is 0 Å². The van der Waals surface area contributed by atoms with Gasteiger partial charge in [-0.05, 0) is 58.5 Å². The van der Waals surface area contributed by atoms with Crippen LogP contribution in [0.3, 0.4) is 0 Å². The van der Waals surface area contributed by atoms with Crippen LogP contribution >= 0.6 is 27.7 Å². The average molecular weight is 488 g/mol. The number of rotatable bonds is 6. The minimum absolute atomic E-state index is 0.442. The molecule has 5 rings (SSSR count). The van der Waals surface area contributed by atoms with Crippen molar-refractivity contribution in [3.63, 3.8) is 0 Å². The number of likely N-dealkylation sites (tertiary alicyclic amines) is 1. The summed E-state index contributed by atoms with van der Waals surface area (Å²) in [4.78, 5) is 23.0. The molecule has 2 aliphatic rings. The predicted octanol–water partition coefficient (Wildman–Crippen LogP) is 3.73. The van der Waals surface area contributed by atoms with Crippen molar-refractivity contribution in [2.75, 3.05) is 25.4 Å². The number of nitrogen functional groups attached to an aromatic ring is 1. The number of anilines is 1. The number of nitrogens with two attached hydrogens (primary N) is 1. The number of carbonyl (C=O) groups is 1. The van der Waals surface area contributed by atoms with Gasteiger partial charge in [-0.15, -0.1) is 0 Å². The minimum Gasteiger partial charge on any atom is -0.493 e. The summed E-state index contributed by atoms with van der Waals surface area (Å²) in [5.41, 5.74) is 9.07. The third kappa shape index (κ3) is 3.65. The molecule has 3 aromatic rings. The molecule has 0 radical (unpaired) electrons. The van der Waals surface area contributed by atoms with Gasteiger partial charge in [-0.2, -0.15) is 0 Å². The molecular weight excluding hydrogens is 466 g/mol. The first kappa shape index (κ1) is 19.7. The van der Waals surface area contributed by atoms with E-state index in [1.807, 2.05) is 11.0 Å². The monoisotopic (exact) mass is 487 g/mol. The number of fused-ring (bicyclic) bond motifs is 2. The fourth-order valence-corrected chi connectivity index (χ4v) is 5.79. The van der Waals surface area contributed by atoms with Crippen LogP contribution in [0, 0.1) is 5.92 Å².